The predicted molar refractivity (Wildman–Crippen MR) is 125 cm³/mol. The Morgan fingerprint density at radius 3 is 2.75 bits per heavy atom. The molecule has 0 saturated heterocycles. The van der Waals surface area contributed by atoms with Crippen LogP contribution in [0.25, 0.3) is 11.2 Å². The van der Waals surface area contributed by atoms with Crippen molar-refractivity contribution < 1.29 is 9.18 Å². The maximum Gasteiger partial charge on any atom is 0.263 e. The summed E-state index contributed by atoms with van der Waals surface area (Å²) in [5.74, 6) is -1.11. The standard InChI is InChI=1S/C24H29FN6O/c1-16(9-10-19-18(3)26-12-11-24(19,4)5)7-6-8-17(2)13-20(32)30-31-15-29-21-22(25)27-14-28-23(21)31/h6-10,13-15,26H,11-12H2,1-5H3,(H,30,32)/b8-6+,10-9+,16-7+,17-13+. The Bertz CT molecular complexity index is 1170. The Labute approximate surface area is 187 Å². The zero-order valence-corrected chi connectivity index (χ0v) is 19.1. The van der Waals surface area contributed by atoms with Crippen LogP contribution >= 0.6 is 0 Å². The van der Waals surface area contributed by atoms with Gasteiger partial charge in [-0.15, -0.1) is 0 Å². The fourth-order valence-electron chi connectivity index (χ4n) is 3.57. The number of hydrogen-bond donors (Lipinski definition) is 2. The number of fused-ring (bicyclic) bond motifs is 1. The molecule has 2 aromatic rings. The molecule has 32 heavy (non-hydrogen) atoms. The van der Waals surface area contributed by atoms with Gasteiger partial charge in [0.1, 0.15) is 12.7 Å². The molecule has 1 aliphatic heterocycles. The quantitative estimate of drug-likeness (QED) is 0.400. The van der Waals surface area contributed by atoms with Gasteiger partial charge in [-0.25, -0.2) is 19.6 Å². The average molecular weight is 437 g/mol. The Balaban J connectivity index is 1.62. The summed E-state index contributed by atoms with van der Waals surface area (Å²) < 4.78 is 14.9. The number of nitrogens with zero attached hydrogens (tertiary/aromatic N) is 4. The van der Waals surface area contributed by atoms with Gasteiger partial charge in [0, 0.05) is 18.3 Å². The number of rotatable bonds is 6. The third kappa shape index (κ3) is 5.57. The van der Waals surface area contributed by atoms with Gasteiger partial charge in [0.05, 0.1) is 0 Å². The molecular weight excluding hydrogens is 407 g/mol. The van der Waals surface area contributed by atoms with Crippen molar-refractivity contribution in [2.75, 3.05) is 12.0 Å². The van der Waals surface area contributed by atoms with E-state index in [1.165, 1.54) is 28.3 Å². The van der Waals surface area contributed by atoms with Crippen molar-refractivity contribution in [1.82, 2.24) is 24.9 Å². The number of amides is 1. The molecule has 0 fully saturated rings. The van der Waals surface area contributed by atoms with Gasteiger partial charge in [0.15, 0.2) is 11.2 Å². The Morgan fingerprint density at radius 2 is 2.00 bits per heavy atom. The second-order valence-corrected chi connectivity index (χ2v) is 8.52. The number of nitrogens with one attached hydrogen (secondary N) is 2. The van der Waals surface area contributed by atoms with Crippen molar-refractivity contribution in [2.45, 2.75) is 41.0 Å². The van der Waals surface area contributed by atoms with E-state index in [-0.39, 0.29) is 22.5 Å². The van der Waals surface area contributed by atoms with Crippen LogP contribution in [-0.2, 0) is 4.79 Å². The molecule has 168 valence electrons. The summed E-state index contributed by atoms with van der Waals surface area (Å²) in [6.07, 6.45) is 15.0. The van der Waals surface area contributed by atoms with Crippen LogP contribution in [0.1, 0.15) is 41.0 Å². The number of carbonyl (C=O) groups is 1. The smallest absolute Gasteiger partial charge is 0.263 e. The lowest BCUT2D eigenvalue weighted by Crippen LogP contribution is -2.31. The first-order valence-corrected chi connectivity index (χ1v) is 10.5. The minimum atomic E-state index is -0.733. The molecule has 0 atom stereocenters. The van der Waals surface area contributed by atoms with Gasteiger partial charge in [0.25, 0.3) is 5.91 Å². The van der Waals surface area contributed by atoms with E-state index in [0.29, 0.717) is 0 Å². The van der Waals surface area contributed by atoms with Gasteiger partial charge in [0.2, 0.25) is 5.95 Å². The molecular formula is C24H29FN6O. The molecule has 3 rings (SSSR count). The SMILES string of the molecule is CC1=C(/C=C/C(C)=C/C=C/C(C)=C/C(=O)Nn2cnc3c(F)ncnc32)C(C)(C)CCN1. The van der Waals surface area contributed by atoms with Crippen LogP contribution in [0.5, 0.6) is 0 Å². The first-order chi connectivity index (χ1) is 15.2. The third-order valence-corrected chi connectivity index (χ3v) is 5.38. The molecule has 1 amide bonds. The van der Waals surface area contributed by atoms with Gasteiger partial charge in [-0.05, 0) is 43.8 Å². The van der Waals surface area contributed by atoms with Gasteiger partial charge in [-0.2, -0.15) is 4.39 Å². The highest BCUT2D eigenvalue weighted by atomic mass is 19.1. The van der Waals surface area contributed by atoms with Crippen molar-refractivity contribution in [3.8, 4) is 0 Å². The second kappa shape index (κ2) is 9.72. The number of aromatic nitrogens is 4. The van der Waals surface area contributed by atoms with E-state index in [0.717, 1.165) is 30.4 Å². The minimum Gasteiger partial charge on any atom is -0.388 e. The molecule has 8 heteroatoms. The summed E-state index contributed by atoms with van der Waals surface area (Å²) in [5.41, 5.74) is 7.37. The zero-order valence-electron chi connectivity index (χ0n) is 19.1. The molecule has 0 unspecified atom stereocenters. The highest BCUT2D eigenvalue weighted by Gasteiger charge is 2.26. The third-order valence-electron chi connectivity index (χ3n) is 5.38. The molecule has 2 aromatic heterocycles. The van der Waals surface area contributed by atoms with Gasteiger partial charge in [-0.1, -0.05) is 49.8 Å². The number of imidazole rings is 1. The fraction of sp³-hybridized carbons (Fsp3) is 0.333. The van der Waals surface area contributed by atoms with E-state index in [9.17, 15) is 9.18 Å². The molecule has 0 bridgehead atoms. The lowest BCUT2D eigenvalue weighted by Gasteiger charge is -2.33. The van der Waals surface area contributed by atoms with E-state index in [2.05, 4.69) is 58.6 Å². The molecule has 0 aromatic carbocycles. The topological polar surface area (TPSA) is 84.7 Å². The molecule has 2 N–H and O–H groups in total. The number of halogens is 1. The molecule has 3 heterocycles. The van der Waals surface area contributed by atoms with E-state index in [1.807, 2.05) is 32.1 Å². The van der Waals surface area contributed by atoms with Gasteiger partial charge < -0.3 is 5.32 Å². The maximum atomic E-state index is 13.6. The van der Waals surface area contributed by atoms with E-state index < -0.39 is 5.95 Å². The highest BCUT2D eigenvalue weighted by molar-refractivity contribution is 5.95. The van der Waals surface area contributed by atoms with Crippen molar-refractivity contribution >= 4 is 17.1 Å². The Morgan fingerprint density at radius 1 is 1.22 bits per heavy atom. The number of hydrogen-bond acceptors (Lipinski definition) is 5. The lowest BCUT2D eigenvalue weighted by atomic mass is 9.77. The van der Waals surface area contributed by atoms with E-state index in [4.69, 9.17) is 0 Å². The van der Waals surface area contributed by atoms with Crippen LogP contribution in [-0.4, -0.2) is 32.1 Å². The van der Waals surface area contributed by atoms with Crippen molar-refractivity contribution in [2.24, 2.45) is 5.41 Å². The van der Waals surface area contributed by atoms with Crippen molar-refractivity contribution in [1.29, 1.82) is 0 Å². The summed E-state index contributed by atoms with van der Waals surface area (Å²) in [6.45, 7) is 11.5. The summed E-state index contributed by atoms with van der Waals surface area (Å²) >= 11 is 0. The second-order valence-electron chi connectivity index (χ2n) is 8.52. The molecule has 0 spiro atoms. The number of carbonyl (C=O) groups excluding carboxylic acids is 1. The molecule has 0 saturated carbocycles. The van der Waals surface area contributed by atoms with Crippen LogP contribution < -0.4 is 10.7 Å². The minimum absolute atomic E-state index is 0.000386. The normalized spacial score (nSPS) is 17.4. The van der Waals surface area contributed by atoms with Crippen LogP contribution in [0.3, 0.4) is 0 Å². The first kappa shape index (κ1) is 23.1. The van der Waals surface area contributed by atoms with Gasteiger partial charge in [-0.3, -0.25) is 10.2 Å². The summed E-state index contributed by atoms with van der Waals surface area (Å²) in [4.78, 5) is 23.5. The molecule has 0 aliphatic carbocycles. The van der Waals surface area contributed by atoms with Crippen molar-refractivity contribution in [3.05, 3.63) is 77.5 Å². The number of allylic oxidation sites excluding steroid dienone is 9. The molecule has 1 aliphatic rings. The van der Waals surface area contributed by atoms with Crippen LogP contribution in [0.4, 0.5) is 4.39 Å². The fourth-order valence-corrected chi connectivity index (χ4v) is 3.57. The van der Waals surface area contributed by atoms with Crippen LogP contribution in [0, 0.1) is 11.4 Å². The average Bonchev–Trinajstić information content (AvgIpc) is 3.11. The van der Waals surface area contributed by atoms with Gasteiger partial charge >= 0.3 is 0 Å². The lowest BCUT2D eigenvalue weighted by molar-refractivity contribution is -0.112. The highest BCUT2D eigenvalue weighted by Crippen LogP contribution is 2.35. The Kier molecular flexibility index (Phi) is 7.02. The largest absolute Gasteiger partial charge is 0.388 e. The van der Waals surface area contributed by atoms with E-state index in [1.54, 1.807) is 0 Å². The summed E-state index contributed by atoms with van der Waals surface area (Å²) in [5, 5.41) is 3.43. The monoisotopic (exact) mass is 436 g/mol. The van der Waals surface area contributed by atoms with Crippen molar-refractivity contribution in [3.63, 3.8) is 0 Å². The van der Waals surface area contributed by atoms with E-state index >= 15 is 0 Å². The summed E-state index contributed by atoms with van der Waals surface area (Å²) in [7, 11) is 0. The maximum absolute atomic E-state index is 13.6. The molecule has 7 nitrogen and oxygen atoms in total. The van der Waals surface area contributed by atoms with Crippen LogP contribution in [0.2, 0.25) is 0 Å². The Hall–Kier alpha value is -3.55. The summed E-state index contributed by atoms with van der Waals surface area (Å²) in [6, 6.07) is 0. The predicted octanol–water partition coefficient (Wildman–Crippen LogP) is 4.33. The van der Waals surface area contributed by atoms with Crippen LogP contribution in [0.15, 0.2) is 71.5 Å². The zero-order chi connectivity index (χ0) is 23.3. The molecule has 0 radical (unpaired) electrons. The first-order valence-electron chi connectivity index (χ1n) is 10.5.